The maximum Gasteiger partial charge on any atom is 0.329 e. The molecule has 2 rings (SSSR count). The van der Waals surface area contributed by atoms with Gasteiger partial charge in [-0.3, -0.25) is 10.1 Å². The zero-order chi connectivity index (χ0) is 14.4. The van der Waals surface area contributed by atoms with Gasteiger partial charge in [0, 0.05) is 13.1 Å². The zero-order valence-electron chi connectivity index (χ0n) is 10.7. The van der Waals surface area contributed by atoms with Crippen molar-refractivity contribution in [2.75, 3.05) is 17.2 Å². The van der Waals surface area contributed by atoms with E-state index in [0.717, 1.165) is 5.56 Å². The molecule has 2 aromatic rings. The summed E-state index contributed by atoms with van der Waals surface area (Å²) >= 11 is 0. The van der Waals surface area contributed by atoms with Crippen molar-refractivity contribution < 1.29 is 4.92 Å². The summed E-state index contributed by atoms with van der Waals surface area (Å²) in [7, 11) is 0. The van der Waals surface area contributed by atoms with Gasteiger partial charge in [0.2, 0.25) is 11.8 Å². The number of anilines is 2. The van der Waals surface area contributed by atoms with Crippen LogP contribution in [0.5, 0.6) is 0 Å². The number of nitro groups is 1. The molecule has 2 N–H and O–H groups in total. The molecule has 0 fully saturated rings. The SMILES string of the molecule is [CH2]CNc1nc(NCc2ccccc2)ncc1[N+](=O)[O-]. The minimum absolute atomic E-state index is 0.163. The third kappa shape index (κ3) is 3.41. The van der Waals surface area contributed by atoms with Gasteiger partial charge in [-0.15, -0.1) is 0 Å². The van der Waals surface area contributed by atoms with Crippen LogP contribution in [0.25, 0.3) is 0 Å². The van der Waals surface area contributed by atoms with Gasteiger partial charge in [0.05, 0.1) is 4.92 Å². The maximum atomic E-state index is 10.8. The molecule has 7 heteroatoms. The first-order valence-electron chi connectivity index (χ1n) is 6.03. The third-order valence-corrected chi connectivity index (χ3v) is 2.55. The van der Waals surface area contributed by atoms with E-state index >= 15 is 0 Å². The lowest BCUT2D eigenvalue weighted by Gasteiger charge is -2.07. The Balaban J connectivity index is 2.12. The van der Waals surface area contributed by atoms with E-state index in [1.807, 2.05) is 30.3 Å². The van der Waals surface area contributed by atoms with Crippen molar-refractivity contribution in [1.82, 2.24) is 9.97 Å². The van der Waals surface area contributed by atoms with E-state index in [1.54, 1.807) is 0 Å². The Morgan fingerprint density at radius 1 is 1.25 bits per heavy atom. The molecule has 0 amide bonds. The summed E-state index contributed by atoms with van der Waals surface area (Å²) in [6, 6.07) is 9.73. The third-order valence-electron chi connectivity index (χ3n) is 2.55. The van der Waals surface area contributed by atoms with Crippen LogP contribution in [0.4, 0.5) is 17.5 Å². The number of nitrogens with one attached hydrogen (secondary N) is 2. The van der Waals surface area contributed by atoms with Crippen molar-refractivity contribution in [3.8, 4) is 0 Å². The highest BCUT2D eigenvalue weighted by atomic mass is 16.6. The van der Waals surface area contributed by atoms with Crippen LogP contribution in [-0.4, -0.2) is 21.4 Å². The van der Waals surface area contributed by atoms with E-state index in [2.05, 4.69) is 27.5 Å². The molecule has 1 heterocycles. The molecular weight excluding hydrogens is 258 g/mol. The second-order valence-corrected chi connectivity index (χ2v) is 3.95. The molecule has 0 aliphatic carbocycles. The van der Waals surface area contributed by atoms with Gasteiger partial charge in [-0.25, -0.2) is 4.98 Å². The summed E-state index contributed by atoms with van der Waals surface area (Å²) in [5.74, 6) is 0.492. The maximum absolute atomic E-state index is 10.8. The number of hydrogen-bond acceptors (Lipinski definition) is 6. The summed E-state index contributed by atoms with van der Waals surface area (Å²) in [6.07, 6.45) is 1.18. The van der Waals surface area contributed by atoms with Crippen LogP contribution in [-0.2, 0) is 6.54 Å². The normalized spacial score (nSPS) is 10.1. The molecular formula is C13H14N5O2. The number of hydrogen-bond donors (Lipinski definition) is 2. The molecule has 1 radical (unpaired) electrons. The van der Waals surface area contributed by atoms with E-state index in [9.17, 15) is 10.1 Å². The lowest BCUT2D eigenvalue weighted by molar-refractivity contribution is -0.384. The first kappa shape index (κ1) is 13.7. The standard InChI is InChI=1S/C13H14N5O2/c1-2-14-12-11(18(19)20)9-16-13(17-12)15-8-10-6-4-3-5-7-10/h3-7,9H,1-2,8H2,(H2,14,15,16,17). The first-order valence-corrected chi connectivity index (χ1v) is 6.03. The zero-order valence-corrected chi connectivity index (χ0v) is 10.7. The first-order chi connectivity index (χ1) is 9.70. The van der Waals surface area contributed by atoms with Crippen molar-refractivity contribution in [2.24, 2.45) is 0 Å². The van der Waals surface area contributed by atoms with Gasteiger partial charge in [-0.1, -0.05) is 30.3 Å². The summed E-state index contributed by atoms with van der Waals surface area (Å²) in [4.78, 5) is 18.3. The van der Waals surface area contributed by atoms with E-state index in [-0.39, 0.29) is 11.5 Å². The smallest absolute Gasteiger partial charge is 0.329 e. The quantitative estimate of drug-likeness (QED) is 0.618. The van der Waals surface area contributed by atoms with Crippen molar-refractivity contribution in [3.63, 3.8) is 0 Å². The average Bonchev–Trinajstić information content (AvgIpc) is 2.46. The van der Waals surface area contributed by atoms with Crippen LogP contribution in [0.3, 0.4) is 0 Å². The predicted molar refractivity (Wildman–Crippen MR) is 76.3 cm³/mol. The second-order valence-electron chi connectivity index (χ2n) is 3.95. The molecule has 1 aromatic carbocycles. The Morgan fingerprint density at radius 2 is 2.00 bits per heavy atom. The second kappa shape index (κ2) is 6.46. The van der Waals surface area contributed by atoms with E-state index in [4.69, 9.17) is 0 Å². The van der Waals surface area contributed by atoms with E-state index in [1.165, 1.54) is 6.20 Å². The minimum Gasteiger partial charge on any atom is -0.364 e. The average molecular weight is 272 g/mol. The summed E-state index contributed by atoms with van der Waals surface area (Å²) in [6.45, 7) is 4.44. The van der Waals surface area contributed by atoms with Gasteiger partial charge in [0.15, 0.2) is 0 Å². The highest BCUT2D eigenvalue weighted by Crippen LogP contribution is 2.21. The van der Waals surface area contributed by atoms with Crippen molar-refractivity contribution in [2.45, 2.75) is 6.54 Å². The van der Waals surface area contributed by atoms with E-state index in [0.29, 0.717) is 19.0 Å². The van der Waals surface area contributed by atoms with Crippen LogP contribution < -0.4 is 10.6 Å². The molecule has 0 aliphatic rings. The van der Waals surface area contributed by atoms with Gasteiger partial charge in [-0.2, -0.15) is 4.98 Å². The molecule has 7 nitrogen and oxygen atoms in total. The predicted octanol–water partition coefficient (Wildman–Crippen LogP) is 2.24. The van der Waals surface area contributed by atoms with E-state index < -0.39 is 4.92 Å². The number of nitrogens with zero attached hydrogens (tertiary/aromatic N) is 3. The van der Waals surface area contributed by atoms with Crippen molar-refractivity contribution >= 4 is 17.5 Å². The van der Waals surface area contributed by atoms with Crippen molar-refractivity contribution in [1.29, 1.82) is 0 Å². The Labute approximate surface area is 116 Å². The highest BCUT2D eigenvalue weighted by Gasteiger charge is 2.16. The fourth-order valence-electron chi connectivity index (χ4n) is 1.62. The summed E-state index contributed by atoms with van der Waals surface area (Å²) in [5.41, 5.74) is 0.903. The van der Waals surface area contributed by atoms with Gasteiger partial charge in [-0.05, 0) is 12.5 Å². The molecule has 0 spiro atoms. The molecule has 0 atom stereocenters. The molecule has 0 aliphatic heterocycles. The largest absolute Gasteiger partial charge is 0.364 e. The fraction of sp³-hybridized carbons (Fsp3) is 0.154. The highest BCUT2D eigenvalue weighted by molar-refractivity contribution is 5.57. The number of aromatic nitrogens is 2. The van der Waals surface area contributed by atoms with Crippen molar-refractivity contribution in [3.05, 3.63) is 59.1 Å². The topological polar surface area (TPSA) is 93.0 Å². The van der Waals surface area contributed by atoms with Gasteiger partial charge in [0.1, 0.15) is 6.20 Å². The van der Waals surface area contributed by atoms with Crippen LogP contribution in [0.2, 0.25) is 0 Å². The molecule has 0 saturated heterocycles. The Hall–Kier alpha value is -2.70. The number of rotatable bonds is 6. The Bertz CT molecular complexity index is 589. The number of benzene rings is 1. The lowest BCUT2D eigenvalue weighted by Crippen LogP contribution is -2.09. The minimum atomic E-state index is -0.529. The molecule has 0 bridgehead atoms. The van der Waals surface area contributed by atoms with Gasteiger partial charge in [0.25, 0.3) is 0 Å². The monoisotopic (exact) mass is 272 g/mol. The van der Waals surface area contributed by atoms with Gasteiger partial charge < -0.3 is 10.6 Å². The summed E-state index contributed by atoms with van der Waals surface area (Å²) in [5, 5.41) is 16.6. The van der Waals surface area contributed by atoms with Crippen LogP contribution >= 0.6 is 0 Å². The van der Waals surface area contributed by atoms with Crippen LogP contribution in [0.1, 0.15) is 5.56 Å². The van der Waals surface area contributed by atoms with Gasteiger partial charge >= 0.3 is 5.69 Å². The molecule has 0 unspecified atom stereocenters. The van der Waals surface area contributed by atoms with Crippen LogP contribution in [0, 0.1) is 17.0 Å². The molecule has 1 aromatic heterocycles. The molecule has 103 valence electrons. The summed E-state index contributed by atoms with van der Waals surface area (Å²) < 4.78 is 0. The lowest BCUT2D eigenvalue weighted by atomic mass is 10.2. The Kier molecular flexibility index (Phi) is 4.43. The van der Waals surface area contributed by atoms with Crippen LogP contribution in [0.15, 0.2) is 36.5 Å². The fourth-order valence-corrected chi connectivity index (χ4v) is 1.62. The Morgan fingerprint density at radius 3 is 2.65 bits per heavy atom. The molecule has 20 heavy (non-hydrogen) atoms. The molecule has 0 saturated carbocycles.